The van der Waals surface area contributed by atoms with Crippen LogP contribution in [-0.2, 0) is 4.74 Å². The molecule has 0 aliphatic carbocycles. The van der Waals surface area contributed by atoms with Crippen molar-refractivity contribution in [3.05, 3.63) is 24.0 Å². The molecule has 0 unspecified atom stereocenters. The highest BCUT2D eigenvalue weighted by atomic mass is 19.4. The van der Waals surface area contributed by atoms with Crippen molar-refractivity contribution in [3.8, 4) is 5.75 Å². The molecule has 0 spiro atoms. The van der Waals surface area contributed by atoms with Crippen LogP contribution < -0.4 is 10.2 Å². The zero-order valence-electron chi connectivity index (χ0n) is 10.4. The molecule has 112 valence electrons. The number of alkyl halides is 3. The zero-order chi connectivity index (χ0) is 15.2. The Labute approximate surface area is 113 Å². The lowest BCUT2D eigenvalue weighted by Crippen LogP contribution is -2.29. The molecular weight excluding hydrogens is 283 g/mol. The van der Waals surface area contributed by atoms with Gasteiger partial charge >= 0.3 is 13.3 Å². The normalized spacial score (nSPS) is 11.5. The van der Waals surface area contributed by atoms with Gasteiger partial charge in [-0.25, -0.2) is 4.39 Å². The molecule has 0 aromatic heterocycles. The van der Waals surface area contributed by atoms with Gasteiger partial charge in [0.25, 0.3) is 0 Å². The molecular formula is C11H13BF4O4. The molecule has 0 aliphatic rings. The van der Waals surface area contributed by atoms with E-state index in [-0.39, 0.29) is 30.8 Å². The van der Waals surface area contributed by atoms with Gasteiger partial charge < -0.3 is 19.5 Å². The molecule has 2 N–H and O–H groups in total. The van der Waals surface area contributed by atoms with Crippen molar-refractivity contribution in [2.24, 2.45) is 0 Å². The van der Waals surface area contributed by atoms with Gasteiger partial charge in [0, 0.05) is 6.42 Å². The Hall–Kier alpha value is -1.32. The van der Waals surface area contributed by atoms with Gasteiger partial charge in [-0.1, -0.05) is 6.07 Å². The molecule has 9 heteroatoms. The van der Waals surface area contributed by atoms with E-state index in [2.05, 4.69) is 4.74 Å². The molecule has 1 aromatic carbocycles. The van der Waals surface area contributed by atoms with Crippen LogP contribution in [0.5, 0.6) is 5.75 Å². The highest BCUT2D eigenvalue weighted by molar-refractivity contribution is 6.58. The molecule has 0 heterocycles. The molecule has 1 aromatic rings. The highest BCUT2D eigenvalue weighted by Gasteiger charge is 2.27. The first-order valence-corrected chi connectivity index (χ1v) is 5.72. The minimum absolute atomic E-state index is 0.0507. The first-order chi connectivity index (χ1) is 9.29. The largest absolute Gasteiger partial charge is 0.490 e. The van der Waals surface area contributed by atoms with Crippen LogP contribution in [0.2, 0.25) is 0 Å². The van der Waals surface area contributed by atoms with Crippen LogP contribution in [0, 0.1) is 5.82 Å². The van der Waals surface area contributed by atoms with E-state index in [0.29, 0.717) is 0 Å². The van der Waals surface area contributed by atoms with E-state index >= 15 is 0 Å². The van der Waals surface area contributed by atoms with Crippen molar-refractivity contribution in [3.63, 3.8) is 0 Å². The quantitative estimate of drug-likeness (QED) is 0.445. The Morgan fingerprint density at radius 3 is 2.45 bits per heavy atom. The molecule has 20 heavy (non-hydrogen) atoms. The Kier molecular flexibility index (Phi) is 6.25. The van der Waals surface area contributed by atoms with Crippen molar-refractivity contribution in [1.29, 1.82) is 0 Å². The second-order valence-electron chi connectivity index (χ2n) is 3.93. The Morgan fingerprint density at radius 2 is 1.85 bits per heavy atom. The summed E-state index contributed by atoms with van der Waals surface area (Å²) in [5, 5.41) is 17.8. The lowest BCUT2D eigenvalue weighted by molar-refractivity contribution is -0.174. The summed E-state index contributed by atoms with van der Waals surface area (Å²) < 4.78 is 57.9. The van der Waals surface area contributed by atoms with Crippen LogP contribution in [0.1, 0.15) is 6.42 Å². The van der Waals surface area contributed by atoms with Gasteiger partial charge in [-0.15, -0.1) is 0 Å². The van der Waals surface area contributed by atoms with Crippen molar-refractivity contribution < 1.29 is 37.1 Å². The summed E-state index contributed by atoms with van der Waals surface area (Å²) in [5.74, 6) is -0.906. The maximum absolute atomic E-state index is 13.3. The third kappa shape index (κ3) is 6.22. The molecule has 1 rings (SSSR count). The van der Waals surface area contributed by atoms with E-state index in [0.717, 1.165) is 12.1 Å². The standard InChI is InChI=1S/C11H13BF4O4/c13-9-3-2-8(12(17)18)6-10(9)20-5-1-4-19-7-11(14,15)16/h2-3,6,17-18H,1,4-5,7H2. The lowest BCUT2D eigenvalue weighted by atomic mass is 9.80. The average Bonchev–Trinajstić information content (AvgIpc) is 2.34. The van der Waals surface area contributed by atoms with Crippen LogP contribution in [-0.4, -0.2) is 43.2 Å². The van der Waals surface area contributed by atoms with Gasteiger partial charge in [0.05, 0.1) is 13.2 Å². The van der Waals surface area contributed by atoms with Crippen molar-refractivity contribution in [2.45, 2.75) is 12.6 Å². The van der Waals surface area contributed by atoms with Crippen LogP contribution in [0.15, 0.2) is 18.2 Å². The summed E-state index contributed by atoms with van der Waals surface area (Å²) in [5.41, 5.74) is 0.0507. The third-order valence-corrected chi connectivity index (χ3v) is 2.21. The number of ether oxygens (including phenoxy) is 2. The van der Waals surface area contributed by atoms with Crippen LogP contribution >= 0.6 is 0 Å². The molecule has 0 aliphatic heterocycles. The van der Waals surface area contributed by atoms with Crippen molar-refractivity contribution >= 4 is 12.6 Å². The number of benzene rings is 1. The zero-order valence-corrected chi connectivity index (χ0v) is 10.4. The predicted molar refractivity (Wildman–Crippen MR) is 63.2 cm³/mol. The smallest absolute Gasteiger partial charge is 0.488 e. The number of rotatable bonds is 7. The average molecular weight is 296 g/mol. The molecule has 0 amide bonds. The van der Waals surface area contributed by atoms with Crippen molar-refractivity contribution in [1.82, 2.24) is 0 Å². The summed E-state index contributed by atoms with van der Waals surface area (Å²) in [4.78, 5) is 0. The van der Waals surface area contributed by atoms with Crippen LogP contribution in [0.25, 0.3) is 0 Å². The van der Waals surface area contributed by atoms with Crippen LogP contribution in [0.3, 0.4) is 0 Å². The molecule has 0 atom stereocenters. The van der Waals surface area contributed by atoms with Crippen LogP contribution in [0.4, 0.5) is 17.6 Å². The third-order valence-electron chi connectivity index (χ3n) is 2.21. The molecule has 0 saturated carbocycles. The highest BCUT2D eigenvalue weighted by Crippen LogP contribution is 2.16. The maximum atomic E-state index is 13.3. The molecule has 0 saturated heterocycles. The number of hydrogen-bond acceptors (Lipinski definition) is 4. The molecule has 0 fully saturated rings. The number of halogens is 4. The van der Waals surface area contributed by atoms with Gasteiger partial charge in [0.1, 0.15) is 6.61 Å². The van der Waals surface area contributed by atoms with Crippen molar-refractivity contribution in [2.75, 3.05) is 19.8 Å². The van der Waals surface area contributed by atoms with E-state index in [1.165, 1.54) is 6.07 Å². The molecule has 4 nitrogen and oxygen atoms in total. The first kappa shape index (κ1) is 16.7. The number of hydrogen-bond donors (Lipinski definition) is 2. The SMILES string of the molecule is OB(O)c1ccc(F)c(OCCCOCC(F)(F)F)c1. The van der Waals surface area contributed by atoms with E-state index < -0.39 is 25.7 Å². The summed E-state index contributed by atoms with van der Waals surface area (Å²) >= 11 is 0. The molecule has 0 radical (unpaired) electrons. The topological polar surface area (TPSA) is 58.9 Å². The fourth-order valence-electron chi connectivity index (χ4n) is 1.32. The van der Waals surface area contributed by atoms with Gasteiger partial charge in [-0.3, -0.25) is 0 Å². The minimum Gasteiger partial charge on any atom is -0.490 e. The Balaban J connectivity index is 2.33. The monoisotopic (exact) mass is 296 g/mol. The van der Waals surface area contributed by atoms with Gasteiger partial charge in [0.15, 0.2) is 11.6 Å². The second kappa shape index (κ2) is 7.46. The Morgan fingerprint density at radius 1 is 1.15 bits per heavy atom. The minimum atomic E-state index is -4.38. The van der Waals surface area contributed by atoms with Gasteiger partial charge in [0.2, 0.25) is 0 Å². The summed E-state index contributed by atoms with van der Waals surface area (Å²) in [6.07, 6.45) is -4.24. The van der Waals surface area contributed by atoms with E-state index in [1.807, 2.05) is 0 Å². The Bertz CT molecular complexity index is 425. The predicted octanol–water partition coefficient (Wildman–Crippen LogP) is 0.853. The summed E-state index contributed by atoms with van der Waals surface area (Å²) in [6, 6.07) is 3.29. The summed E-state index contributed by atoms with van der Waals surface area (Å²) in [7, 11) is -1.76. The van der Waals surface area contributed by atoms with E-state index in [9.17, 15) is 17.6 Å². The summed E-state index contributed by atoms with van der Waals surface area (Å²) in [6.45, 7) is -1.57. The van der Waals surface area contributed by atoms with Gasteiger partial charge in [-0.05, 0) is 17.6 Å². The maximum Gasteiger partial charge on any atom is 0.488 e. The molecule has 0 bridgehead atoms. The van der Waals surface area contributed by atoms with Gasteiger partial charge in [-0.2, -0.15) is 13.2 Å². The lowest BCUT2D eigenvalue weighted by Gasteiger charge is -2.10. The fraction of sp³-hybridized carbons (Fsp3) is 0.455. The van der Waals surface area contributed by atoms with E-state index in [1.54, 1.807) is 0 Å². The fourth-order valence-corrected chi connectivity index (χ4v) is 1.32. The first-order valence-electron chi connectivity index (χ1n) is 5.72. The van der Waals surface area contributed by atoms with E-state index in [4.69, 9.17) is 14.8 Å². The second-order valence-corrected chi connectivity index (χ2v) is 3.93.